The molecule has 2 aliphatic carbocycles. The smallest absolute Gasteiger partial charge is 0.0677 e. The molecule has 0 saturated heterocycles. The van der Waals surface area contributed by atoms with E-state index in [0.717, 1.165) is 0 Å². The monoisotopic (exact) mass is 141 g/mol. The van der Waals surface area contributed by atoms with Gasteiger partial charge in [-0.3, -0.25) is 0 Å². The Balaban J connectivity index is 2.39. The van der Waals surface area contributed by atoms with Crippen molar-refractivity contribution in [2.24, 2.45) is 0 Å². The first-order valence-corrected chi connectivity index (χ1v) is 3.74. The molecule has 0 aromatic rings. The fourth-order valence-corrected chi connectivity index (χ4v) is 1.20. The summed E-state index contributed by atoms with van der Waals surface area (Å²) in [6.07, 6.45) is 18.7. The summed E-state index contributed by atoms with van der Waals surface area (Å²) in [7, 11) is 0. The number of rotatable bonds is 0. The van der Waals surface area contributed by atoms with Gasteiger partial charge in [0.2, 0.25) is 0 Å². The highest BCUT2D eigenvalue weighted by atomic mass is 14.1. The van der Waals surface area contributed by atoms with E-state index in [1.54, 1.807) is 0 Å². The molecular formula is C11H9-. The number of allylic oxidation sites excluding steroid dienone is 10. The Morgan fingerprint density at radius 2 is 1.82 bits per heavy atom. The molecule has 0 atom stereocenters. The second-order valence-corrected chi connectivity index (χ2v) is 2.54. The molecule has 0 aromatic carbocycles. The molecule has 0 heterocycles. The molecule has 0 aliphatic heterocycles. The summed E-state index contributed by atoms with van der Waals surface area (Å²) < 4.78 is 0. The van der Waals surface area contributed by atoms with E-state index in [1.165, 1.54) is 11.1 Å². The third-order valence-corrected chi connectivity index (χ3v) is 1.77. The molecule has 0 bridgehead atoms. The summed E-state index contributed by atoms with van der Waals surface area (Å²) >= 11 is 0. The number of fused-ring (bicyclic) bond motifs is 1. The van der Waals surface area contributed by atoms with Crippen LogP contribution in [0.4, 0.5) is 0 Å². The first-order chi connectivity index (χ1) is 5.47. The minimum absolute atomic E-state index is 1.30. The maximum Gasteiger partial charge on any atom is -0.0677 e. The fraction of sp³-hybridized carbons (Fsp3) is 0. The molecule has 0 aromatic heterocycles. The SMILES string of the molecule is C1=CC2=C[CH-]/C=C\C=C/C2=C1. The molecule has 2 rings (SSSR count). The van der Waals surface area contributed by atoms with Crippen molar-refractivity contribution in [3.8, 4) is 0 Å². The third-order valence-electron chi connectivity index (χ3n) is 1.77. The summed E-state index contributed by atoms with van der Waals surface area (Å²) in [5, 5.41) is 0. The van der Waals surface area contributed by atoms with Crippen LogP contribution >= 0.6 is 0 Å². The van der Waals surface area contributed by atoms with Crippen molar-refractivity contribution in [3.63, 3.8) is 0 Å². The molecule has 0 heteroatoms. The van der Waals surface area contributed by atoms with E-state index < -0.39 is 0 Å². The van der Waals surface area contributed by atoms with Crippen molar-refractivity contribution >= 4 is 0 Å². The van der Waals surface area contributed by atoms with Crippen LogP contribution in [0.1, 0.15) is 0 Å². The summed E-state index contributed by atoms with van der Waals surface area (Å²) in [6.45, 7) is 0. The Kier molecular flexibility index (Phi) is 1.53. The molecular weight excluding hydrogens is 132 g/mol. The van der Waals surface area contributed by atoms with E-state index >= 15 is 0 Å². The van der Waals surface area contributed by atoms with Crippen LogP contribution in [0.5, 0.6) is 0 Å². The molecule has 0 saturated carbocycles. The van der Waals surface area contributed by atoms with Gasteiger partial charge in [-0.15, -0.1) is 17.7 Å². The molecule has 54 valence electrons. The van der Waals surface area contributed by atoms with Crippen molar-refractivity contribution < 1.29 is 0 Å². The normalized spacial score (nSPS) is 25.5. The molecule has 0 spiro atoms. The Morgan fingerprint density at radius 1 is 0.909 bits per heavy atom. The van der Waals surface area contributed by atoms with Gasteiger partial charge in [0.15, 0.2) is 0 Å². The van der Waals surface area contributed by atoms with E-state index in [4.69, 9.17) is 0 Å². The zero-order valence-corrected chi connectivity index (χ0v) is 6.20. The van der Waals surface area contributed by atoms with Crippen LogP contribution in [0.25, 0.3) is 0 Å². The van der Waals surface area contributed by atoms with Gasteiger partial charge < -0.3 is 0 Å². The summed E-state index contributed by atoms with van der Waals surface area (Å²) in [5.74, 6) is 0. The van der Waals surface area contributed by atoms with E-state index in [-0.39, 0.29) is 0 Å². The van der Waals surface area contributed by atoms with Gasteiger partial charge in [-0.05, 0) is 0 Å². The maximum absolute atomic E-state index is 2.12. The van der Waals surface area contributed by atoms with Gasteiger partial charge in [0.05, 0.1) is 0 Å². The average molecular weight is 141 g/mol. The fourth-order valence-electron chi connectivity index (χ4n) is 1.20. The largest absolute Gasteiger partial charge is 0.172 e. The van der Waals surface area contributed by atoms with E-state index in [0.29, 0.717) is 0 Å². The van der Waals surface area contributed by atoms with Crippen LogP contribution < -0.4 is 0 Å². The highest BCUT2D eigenvalue weighted by Crippen LogP contribution is 2.20. The van der Waals surface area contributed by atoms with E-state index in [9.17, 15) is 0 Å². The van der Waals surface area contributed by atoms with Gasteiger partial charge in [0.25, 0.3) is 0 Å². The van der Waals surface area contributed by atoms with Gasteiger partial charge >= 0.3 is 0 Å². The Morgan fingerprint density at radius 3 is 2.82 bits per heavy atom. The topological polar surface area (TPSA) is 0 Å². The Labute approximate surface area is 66.9 Å². The first kappa shape index (κ1) is 6.29. The minimum atomic E-state index is 1.30. The first-order valence-electron chi connectivity index (χ1n) is 3.74. The lowest BCUT2D eigenvalue weighted by molar-refractivity contribution is 1.54. The molecule has 0 amide bonds. The molecule has 0 nitrogen and oxygen atoms in total. The molecule has 0 radical (unpaired) electrons. The van der Waals surface area contributed by atoms with Gasteiger partial charge in [0.1, 0.15) is 0 Å². The average Bonchev–Trinajstić information content (AvgIpc) is 2.35. The van der Waals surface area contributed by atoms with Crippen molar-refractivity contribution in [1.29, 1.82) is 0 Å². The highest BCUT2D eigenvalue weighted by Gasteiger charge is 1.95. The van der Waals surface area contributed by atoms with Crippen molar-refractivity contribution in [3.05, 3.63) is 66.2 Å². The van der Waals surface area contributed by atoms with Crippen LogP contribution in [0.2, 0.25) is 0 Å². The molecule has 0 fully saturated rings. The van der Waals surface area contributed by atoms with Gasteiger partial charge in [-0.25, -0.2) is 0 Å². The van der Waals surface area contributed by atoms with Crippen molar-refractivity contribution in [2.75, 3.05) is 0 Å². The zero-order valence-electron chi connectivity index (χ0n) is 6.20. The lowest BCUT2D eigenvalue weighted by atomic mass is 10.1. The molecule has 0 N–H and O–H groups in total. The predicted molar refractivity (Wildman–Crippen MR) is 47.9 cm³/mol. The summed E-state index contributed by atoms with van der Waals surface area (Å²) in [4.78, 5) is 0. The summed E-state index contributed by atoms with van der Waals surface area (Å²) in [5.41, 5.74) is 2.59. The standard InChI is InChI=1S/C11H9/c1-2-4-7-11-9-5-8-10(11)6-3-1/h1-9H/q-1/b2-1-,6-3-,11-7?. The van der Waals surface area contributed by atoms with Crippen LogP contribution in [-0.4, -0.2) is 0 Å². The van der Waals surface area contributed by atoms with Crippen molar-refractivity contribution in [2.45, 2.75) is 0 Å². The minimum Gasteiger partial charge on any atom is -0.172 e. The Bertz CT molecular complexity index is 296. The molecule has 0 unspecified atom stereocenters. The van der Waals surface area contributed by atoms with E-state index in [2.05, 4.69) is 42.9 Å². The molecule has 11 heavy (non-hydrogen) atoms. The quantitative estimate of drug-likeness (QED) is 0.455. The van der Waals surface area contributed by atoms with Gasteiger partial charge in [-0.1, -0.05) is 23.8 Å². The van der Waals surface area contributed by atoms with Crippen LogP contribution in [0, 0.1) is 6.42 Å². The van der Waals surface area contributed by atoms with Crippen LogP contribution in [0.15, 0.2) is 59.8 Å². The maximum atomic E-state index is 2.12. The van der Waals surface area contributed by atoms with Gasteiger partial charge in [-0.2, -0.15) is 24.6 Å². The summed E-state index contributed by atoms with van der Waals surface area (Å²) in [6, 6.07) is 0. The van der Waals surface area contributed by atoms with Crippen molar-refractivity contribution in [1.82, 2.24) is 0 Å². The third kappa shape index (κ3) is 1.20. The second kappa shape index (κ2) is 2.67. The Hall–Kier alpha value is -1.43. The lowest BCUT2D eigenvalue weighted by Crippen LogP contribution is -1.80. The lowest BCUT2D eigenvalue weighted by Gasteiger charge is -2.06. The van der Waals surface area contributed by atoms with Crippen LogP contribution in [-0.2, 0) is 0 Å². The van der Waals surface area contributed by atoms with Gasteiger partial charge in [0, 0.05) is 0 Å². The highest BCUT2D eigenvalue weighted by molar-refractivity contribution is 5.56. The zero-order chi connectivity index (χ0) is 7.52. The van der Waals surface area contributed by atoms with E-state index in [1.807, 2.05) is 12.2 Å². The molecule has 2 aliphatic rings. The van der Waals surface area contributed by atoms with Crippen LogP contribution in [0.3, 0.4) is 0 Å². The second-order valence-electron chi connectivity index (χ2n) is 2.54. The number of hydrogen-bond donors (Lipinski definition) is 0. The number of hydrogen-bond acceptors (Lipinski definition) is 0. The predicted octanol–water partition coefficient (Wildman–Crippen LogP) is 2.74.